The molecular weight excluding hydrogens is 190 g/mol. The summed E-state index contributed by atoms with van der Waals surface area (Å²) in [5, 5.41) is 0. The van der Waals surface area contributed by atoms with Crippen molar-refractivity contribution in [2.24, 2.45) is 0 Å². The predicted octanol–water partition coefficient (Wildman–Crippen LogP) is 2.32. The summed E-state index contributed by atoms with van der Waals surface area (Å²) in [5.74, 6) is 0. The smallest absolute Gasteiger partial charge is 0.406 e. The summed E-state index contributed by atoms with van der Waals surface area (Å²) in [6.45, 7) is 7.64. The number of rotatable bonds is 1. The minimum Gasteiger partial charge on any atom is -0.406 e. The Balaban J connectivity index is 2.75. The molecule has 82 valence electrons. The molecule has 0 fully saturated rings. The van der Waals surface area contributed by atoms with Crippen LogP contribution in [0.15, 0.2) is 24.5 Å². The quantitative estimate of drug-likeness (QED) is 0.663. The third-order valence-electron chi connectivity index (χ3n) is 1.91. The second-order valence-corrected chi connectivity index (χ2v) is 4.45. The van der Waals surface area contributed by atoms with Crippen molar-refractivity contribution in [1.82, 2.24) is 0 Å². The molecule has 0 aliphatic heterocycles. The van der Waals surface area contributed by atoms with Crippen LogP contribution in [0.25, 0.3) is 0 Å². The number of aryl methyl sites for hydroxylation is 1. The number of hydrogen-bond donors (Lipinski definition) is 0. The van der Waals surface area contributed by atoms with Crippen LogP contribution >= 0.6 is 0 Å². The van der Waals surface area contributed by atoms with Gasteiger partial charge in [0.2, 0.25) is 0 Å². The van der Waals surface area contributed by atoms with E-state index < -0.39 is 5.60 Å². The lowest BCUT2D eigenvalue weighted by Crippen LogP contribution is -2.45. The molecule has 0 spiro atoms. The van der Waals surface area contributed by atoms with Crippen LogP contribution in [0.5, 0.6) is 0 Å². The number of aromatic nitrogens is 1. The Hall–Kier alpha value is -1.38. The molecule has 1 aromatic heterocycles. The average molecular weight is 208 g/mol. The van der Waals surface area contributed by atoms with Gasteiger partial charge in [-0.2, -0.15) is 4.79 Å². The largest absolute Gasteiger partial charge is 0.602 e. The van der Waals surface area contributed by atoms with Gasteiger partial charge in [0.25, 0.3) is 0 Å². The fourth-order valence-corrected chi connectivity index (χ4v) is 1.13. The first-order valence-corrected chi connectivity index (χ1v) is 5.16. The van der Waals surface area contributed by atoms with Crippen LogP contribution in [0.4, 0.5) is 4.79 Å². The second-order valence-electron chi connectivity index (χ2n) is 4.45. The summed E-state index contributed by atoms with van der Waals surface area (Å²) in [6, 6.07) is 3.84. The number of hydrogen-bond acceptors (Lipinski definition) is 2. The van der Waals surface area contributed by atoms with Gasteiger partial charge in [-0.1, -0.05) is 11.5 Å². The zero-order chi connectivity index (χ0) is 11.5. The molecule has 1 heterocycles. The molecule has 1 rings (SSSR count). The number of carbonyl (C=O) groups is 1. The van der Waals surface area contributed by atoms with Crippen LogP contribution in [-0.2, 0) is 11.2 Å². The van der Waals surface area contributed by atoms with E-state index in [1.54, 1.807) is 12.4 Å². The predicted molar refractivity (Wildman–Crippen MR) is 57.6 cm³/mol. The van der Waals surface area contributed by atoms with Gasteiger partial charge >= 0.3 is 6.09 Å². The molecule has 0 amide bonds. The maximum atomic E-state index is 11.6. The van der Waals surface area contributed by atoms with Crippen molar-refractivity contribution >= 4 is 6.09 Å². The van der Waals surface area contributed by atoms with E-state index in [0.29, 0.717) is 0 Å². The zero-order valence-corrected chi connectivity index (χ0v) is 9.78. The Morgan fingerprint density at radius 2 is 1.87 bits per heavy atom. The molecule has 0 aromatic carbocycles. The van der Waals surface area contributed by atoms with Crippen molar-refractivity contribution in [2.75, 3.05) is 0 Å². The van der Waals surface area contributed by atoms with Crippen LogP contribution < -0.4 is 4.57 Å². The van der Waals surface area contributed by atoms with Crippen molar-refractivity contribution in [3.8, 4) is 0 Å². The van der Waals surface area contributed by atoms with Crippen molar-refractivity contribution in [1.29, 1.82) is 0 Å². The highest BCUT2D eigenvalue weighted by Crippen LogP contribution is 2.06. The molecule has 15 heavy (non-hydrogen) atoms. The molecule has 0 saturated heterocycles. The maximum absolute atomic E-state index is 11.6. The topological polar surface area (TPSA) is 30.2 Å². The maximum Gasteiger partial charge on any atom is 0.602 e. The summed E-state index contributed by atoms with van der Waals surface area (Å²) in [7, 11) is 0. The Morgan fingerprint density at radius 3 is 2.27 bits per heavy atom. The van der Waals surface area contributed by atoms with E-state index >= 15 is 0 Å². The number of pyridine rings is 1. The van der Waals surface area contributed by atoms with Gasteiger partial charge in [-0.05, 0) is 32.8 Å². The highest BCUT2D eigenvalue weighted by Gasteiger charge is 2.23. The lowest BCUT2D eigenvalue weighted by molar-refractivity contribution is -0.588. The van der Waals surface area contributed by atoms with Crippen LogP contribution in [0.1, 0.15) is 33.3 Å². The van der Waals surface area contributed by atoms with E-state index in [1.807, 2.05) is 32.9 Å². The molecule has 0 radical (unpaired) electrons. The van der Waals surface area contributed by atoms with Gasteiger partial charge in [-0.3, -0.25) is 0 Å². The average Bonchev–Trinajstić information content (AvgIpc) is 2.15. The third kappa shape index (κ3) is 3.70. The first-order chi connectivity index (χ1) is 6.92. The van der Waals surface area contributed by atoms with Gasteiger partial charge < -0.3 is 4.74 Å². The molecule has 1 aromatic rings. The molecule has 0 unspecified atom stereocenters. The van der Waals surface area contributed by atoms with Crippen molar-refractivity contribution in [2.45, 2.75) is 39.7 Å². The lowest BCUT2D eigenvalue weighted by Gasteiger charge is -2.15. The summed E-state index contributed by atoms with van der Waals surface area (Å²) in [4.78, 5) is 11.6. The first kappa shape index (κ1) is 11.7. The Morgan fingerprint density at radius 1 is 1.33 bits per heavy atom. The van der Waals surface area contributed by atoms with Crippen molar-refractivity contribution < 1.29 is 14.1 Å². The minimum atomic E-state index is -0.451. The summed E-state index contributed by atoms with van der Waals surface area (Å²) < 4.78 is 6.67. The third-order valence-corrected chi connectivity index (χ3v) is 1.91. The standard InChI is InChI=1S/C12H18NO2/c1-5-10-6-8-13(9-7-10)11(14)15-12(2,3)4/h6-9H,5H2,1-4H3/q+1. The molecule has 3 heteroatoms. The van der Waals surface area contributed by atoms with Crippen molar-refractivity contribution in [3.63, 3.8) is 0 Å². The van der Waals surface area contributed by atoms with Crippen LogP contribution in [0.2, 0.25) is 0 Å². The molecule has 3 nitrogen and oxygen atoms in total. The van der Waals surface area contributed by atoms with E-state index in [0.717, 1.165) is 6.42 Å². The minimum absolute atomic E-state index is 0.342. The monoisotopic (exact) mass is 208 g/mol. The van der Waals surface area contributed by atoms with Gasteiger partial charge in [0.15, 0.2) is 12.4 Å². The Labute approximate surface area is 90.7 Å². The molecule has 0 atom stereocenters. The zero-order valence-electron chi connectivity index (χ0n) is 9.78. The Bertz CT molecular complexity index is 336. The van der Waals surface area contributed by atoms with Gasteiger partial charge in [-0.15, -0.1) is 0 Å². The van der Waals surface area contributed by atoms with Crippen molar-refractivity contribution in [3.05, 3.63) is 30.1 Å². The lowest BCUT2D eigenvalue weighted by atomic mass is 10.2. The summed E-state index contributed by atoms with van der Waals surface area (Å²) >= 11 is 0. The van der Waals surface area contributed by atoms with Crippen LogP contribution in [0, 0.1) is 0 Å². The number of carbonyl (C=O) groups excluding carboxylic acids is 1. The number of ether oxygens (including phenoxy) is 1. The van der Waals surface area contributed by atoms with E-state index in [2.05, 4.69) is 6.92 Å². The fourth-order valence-electron chi connectivity index (χ4n) is 1.13. The second kappa shape index (κ2) is 4.43. The van der Waals surface area contributed by atoms with E-state index in [-0.39, 0.29) is 6.09 Å². The van der Waals surface area contributed by atoms with E-state index in [1.165, 1.54) is 10.1 Å². The summed E-state index contributed by atoms with van der Waals surface area (Å²) in [6.07, 6.45) is 4.08. The van der Waals surface area contributed by atoms with Gasteiger partial charge in [0.1, 0.15) is 5.60 Å². The molecule has 0 aliphatic carbocycles. The normalized spacial score (nSPS) is 11.2. The molecule has 0 aliphatic rings. The van der Waals surface area contributed by atoms with E-state index in [9.17, 15) is 4.79 Å². The van der Waals surface area contributed by atoms with Gasteiger partial charge in [0.05, 0.1) is 0 Å². The highest BCUT2D eigenvalue weighted by molar-refractivity contribution is 5.57. The molecular formula is C12H18NO2+. The molecule has 0 N–H and O–H groups in total. The van der Waals surface area contributed by atoms with Crippen LogP contribution in [0.3, 0.4) is 0 Å². The SMILES string of the molecule is CCc1cc[n+](C(=O)OC(C)(C)C)cc1. The number of nitrogens with zero attached hydrogens (tertiary/aromatic N) is 1. The fraction of sp³-hybridized carbons (Fsp3) is 0.500. The van der Waals surface area contributed by atoms with Gasteiger partial charge in [0, 0.05) is 12.1 Å². The Kier molecular flexibility index (Phi) is 3.45. The molecule has 0 saturated carbocycles. The first-order valence-electron chi connectivity index (χ1n) is 5.16. The van der Waals surface area contributed by atoms with E-state index in [4.69, 9.17) is 4.74 Å². The summed E-state index contributed by atoms with van der Waals surface area (Å²) in [5.41, 5.74) is 0.753. The van der Waals surface area contributed by atoms with Gasteiger partial charge in [-0.25, -0.2) is 0 Å². The highest BCUT2D eigenvalue weighted by atomic mass is 16.6. The van der Waals surface area contributed by atoms with Crippen LogP contribution in [-0.4, -0.2) is 11.7 Å². The molecule has 0 bridgehead atoms.